The summed E-state index contributed by atoms with van der Waals surface area (Å²) in [5, 5.41) is 26.3. The quantitative estimate of drug-likeness (QED) is 0.276. The van der Waals surface area contributed by atoms with Crippen molar-refractivity contribution in [3.63, 3.8) is 0 Å². The van der Waals surface area contributed by atoms with Gasteiger partial charge in [0.2, 0.25) is 0 Å². The molecule has 0 saturated heterocycles. The fraction of sp³-hybridized carbons (Fsp3) is 0.120. The van der Waals surface area contributed by atoms with E-state index in [2.05, 4.69) is 10.3 Å². The number of nitro benzene ring substituents is 2. The van der Waals surface area contributed by atoms with E-state index in [4.69, 9.17) is 0 Å². The Morgan fingerprint density at radius 3 is 1.89 bits per heavy atom. The van der Waals surface area contributed by atoms with Crippen LogP contribution in [0.3, 0.4) is 0 Å². The molecule has 0 atom stereocenters. The molecule has 1 N–H and O–H groups in total. The molecule has 3 aromatic carbocycles. The van der Waals surface area contributed by atoms with Gasteiger partial charge in [0.05, 0.1) is 26.8 Å². The minimum Gasteiger partial charge on any atom is -0.372 e. The highest BCUT2D eigenvalue weighted by Gasteiger charge is 2.30. The van der Waals surface area contributed by atoms with Gasteiger partial charge in [0.15, 0.2) is 5.69 Å². The predicted octanol–water partition coefficient (Wildman–Crippen LogP) is 5.54. The lowest BCUT2D eigenvalue weighted by molar-refractivity contribution is -0.392. The lowest BCUT2D eigenvalue weighted by Gasteiger charge is -2.13. The van der Waals surface area contributed by atoms with Gasteiger partial charge in [0, 0.05) is 29.3 Å². The standard InChI is InChI=1S/C25H21N5O5/c1-16(2)27-23-20(29(32)33)13-19(14-21(23)30(34)35)25(31)28-15-26-22(17-9-5-3-6-10-17)24(28)18-11-7-4-8-12-18/h3-16,27H,1-2H3. The van der Waals surface area contributed by atoms with Crippen molar-refractivity contribution in [1.82, 2.24) is 9.55 Å². The zero-order valence-corrected chi connectivity index (χ0v) is 18.9. The molecule has 0 aliphatic carbocycles. The van der Waals surface area contributed by atoms with Crippen molar-refractivity contribution < 1.29 is 14.6 Å². The van der Waals surface area contributed by atoms with E-state index in [9.17, 15) is 25.0 Å². The van der Waals surface area contributed by atoms with Gasteiger partial charge in [-0.2, -0.15) is 0 Å². The van der Waals surface area contributed by atoms with Crippen LogP contribution >= 0.6 is 0 Å². The van der Waals surface area contributed by atoms with Gasteiger partial charge < -0.3 is 5.32 Å². The van der Waals surface area contributed by atoms with Gasteiger partial charge in [-0.3, -0.25) is 29.6 Å². The fourth-order valence-electron chi connectivity index (χ4n) is 3.78. The van der Waals surface area contributed by atoms with Crippen molar-refractivity contribution in [2.24, 2.45) is 0 Å². The Hall–Kier alpha value is -4.86. The highest BCUT2D eigenvalue weighted by molar-refractivity contribution is 6.02. The van der Waals surface area contributed by atoms with Crippen LogP contribution in [0.4, 0.5) is 17.1 Å². The zero-order valence-electron chi connectivity index (χ0n) is 18.9. The zero-order chi connectivity index (χ0) is 25.1. The summed E-state index contributed by atoms with van der Waals surface area (Å²) in [5.74, 6) is -0.680. The Bertz CT molecular complexity index is 1380. The summed E-state index contributed by atoms with van der Waals surface area (Å²) in [6, 6.07) is 20.1. The molecule has 0 radical (unpaired) electrons. The lowest BCUT2D eigenvalue weighted by atomic mass is 10.0. The van der Waals surface area contributed by atoms with E-state index in [0.29, 0.717) is 17.0 Å². The number of aromatic nitrogens is 2. The third kappa shape index (κ3) is 4.62. The Morgan fingerprint density at radius 2 is 1.40 bits per heavy atom. The molecule has 176 valence electrons. The molecular formula is C25H21N5O5. The van der Waals surface area contributed by atoms with Gasteiger partial charge in [-0.15, -0.1) is 0 Å². The van der Waals surface area contributed by atoms with Crippen LogP contribution in [-0.4, -0.2) is 31.3 Å². The monoisotopic (exact) mass is 471 g/mol. The second-order valence-corrected chi connectivity index (χ2v) is 8.05. The molecule has 0 spiro atoms. The first-order valence-electron chi connectivity index (χ1n) is 10.7. The van der Waals surface area contributed by atoms with Gasteiger partial charge in [-0.25, -0.2) is 4.98 Å². The van der Waals surface area contributed by atoms with E-state index >= 15 is 0 Å². The highest BCUT2D eigenvalue weighted by Crippen LogP contribution is 2.37. The Morgan fingerprint density at radius 1 is 0.886 bits per heavy atom. The highest BCUT2D eigenvalue weighted by atomic mass is 16.6. The number of benzene rings is 3. The largest absolute Gasteiger partial charge is 0.372 e. The number of carbonyl (C=O) groups is 1. The summed E-state index contributed by atoms with van der Waals surface area (Å²) >= 11 is 0. The van der Waals surface area contributed by atoms with Crippen LogP contribution < -0.4 is 5.32 Å². The number of nitrogens with one attached hydrogen (secondary N) is 1. The molecule has 0 fully saturated rings. The maximum absolute atomic E-state index is 13.6. The predicted molar refractivity (Wildman–Crippen MR) is 131 cm³/mol. The smallest absolute Gasteiger partial charge is 0.300 e. The van der Waals surface area contributed by atoms with Crippen LogP contribution in [0.2, 0.25) is 0 Å². The summed E-state index contributed by atoms with van der Waals surface area (Å²) in [6.45, 7) is 3.41. The van der Waals surface area contributed by atoms with Crippen molar-refractivity contribution in [2.45, 2.75) is 19.9 Å². The molecule has 0 unspecified atom stereocenters. The van der Waals surface area contributed by atoms with Crippen molar-refractivity contribution in [2.75, 3.05) is 5.32 Å². The topological polar surface area (TPSA) is 133 Å². The SMILES string of the molecule is CC(C)Nc1c([N+](=O)[O-])cc(C(=O)n2cnc(-c3ccccc3)c2-c2ccccc2)cc1[N+](=O)[O-]. The average Bonchev–Trinajstić information content (AvgIpc) is 3.29. The van der Waals surface area contributed by atoms with Crippen LogP contribution in [0.1, 0.15) is 24.2 Å². The molecule has 4 aromatic rings. The maximum Gasteiger partial charge on any atom is 0.300 e. The summed E-state index contributed by atoms with van der Waals surface area (Å²) in [6.07, 6.45) is 1.32. The number of rotatable bonds is 7. The summed E-state index contributed by atoms with van der Waals surface area (Å²) in [4.78, 5) is 40.1. The molecule has 1 aromatic heterocycles. The number of hydrogen-bond acceptors (Lipinski definition) is 7. The molecule has 0 bridgehead atoms. The van der Waals surface area contributed by atoms with E-state index in [1.165, 1.54) is 10.9 Å². The number of imidazole rings is 1. The minimum absolute atomic E-state index is 0.202. The molecule has 0 aliphatic heterocycles. The molecule has 10 heteroatoms. The molecule has 0 aliphatic rings. The maximum atomic E-state index is 13.6. The number of carbonyl (C=O) groups excluding carboxylic acids is 1. The summed E-state index contributed by atoms with van der Waals surface area (Å²) in [7, 11) is 0. The van der Waals surface area contributed by atoms with Gasteiger partial charge >= 0.3 is 0 Å². The first-order chi connectivity index (χ1) is 16.8. The lowest BCUT2D eigenvalue weighted by Crippen LogP contribution is -2.16. The summed E-state index contributed by atoms with van der Waals surface area (Å²) < 4.78 is 1.26. The van der Waals surface area contributed by atoms with E-state index < -0.39 is 27.1 Å². The van der Waals surface area contributed by atoms with Gasteiger partial charge in [0.25, 0.3) is 17.3 Å². The number of nitrogens with zero attached hydrogens (tertiary/aromatic N) is 4. The van der Waals surface area contributed by atoms with Gasteiger partial charge in [-0.05, 0) is 13.8 Å². The normalized spacial score (nSPS) is 10.8. The Labute approximate surface area is 200 Å². The van der Waals surface area contributed by atoms with E-state index in [1.54, 1.807) is 13.8 Å². The number of nitro groups is 2. The second kappa shape index (κ2) is 9.56. The van der Waals surface area contributed by atoms with Crippen molar-refractivity contribution in [3.8, 4) is 22.5 Å². The fourth-order valence-corrected chi connectivity index (χ4v) is 3.78. The van der Waals surface area contributed by atoms with Crippen molar-refractivity contribution in [3.05, 3.63) is 105 Å². The van der Waals surface area contributed by atoms with Crippen LogP contribution in [0, 0.1) is 20.2 Å². The van der Waals surface area contributed by atoms with Crippen molar-refractivity contribution >= 4 is 23.0 Å². The molecule has 0 amide bonds. The molecule has 0 saturated carbocycles. The first kappa shape index (κ1) is 23.3. The Kier molecular flexibility index (Phi) is 6.36. The molecule has 1 heterocycles. The third-order valence-electron chi connectivity index (χ3n) is 5.25. The van der Waals surface area contributed by atoms with Crippen LogP contribution in [0.25, 0.3) is 22.5 Å². The molecule has 10 nitrogen and oxygen atoms in total. The van der Waals surface area contributed by atoms with Crippen LogP contribution in [-0.2, 0) is 0 Å². The Balaban J connectivity index is 1.93. The third-order valence-corrected chi connectivity index (χ3v) is 5.25. The number of anilines is 1. The summed E-state index contributed by atoms with van der Waals surface area (Å²) in [5.41, 5.74) is 0.911. The first-order valence-corrected chi connectivity index (χ1v) is 10.7. The number of hydrogen-bond donors (Lipinski definition) is 1. The van der Waals surface area contributed by atoms with Crippen LogP contribution in [0.5, 0.6) is 0 Å². The second-order valence-electron chi connectivity index (χ2n) is 8.05. The molecule has 4 rings (SSSR count). The van der Waals surface area contributed by atoms with Gasteiger partial charge in [0.1, 0.15) is 6.33 Å². The molecular weight excluding hydrogens is 450 g/mol. The van der Waals surface area contributed by atoms with Crippen LogP contribution in [0.15, 0.2) is 79.1 Å². The van der Waals surface area contributed by atoms with E-state index in [0.717, 1.165) is 17.7 Å². The minimum atomic E-state index is -0.740. The average molecular weight is 471 g/mol. The molecule has 35 heavy (non-hydrogen) atoms. The van der Waals surface area contributed by atoms with Gasteiger partial charge in [-0.1, -0.05) is 60.7 Å². The van der Waals surface area contributed by atoms with E-state index in [-0.39, 0.29) is 17.3 Å². The van der Waals surface area contributed by atoms with Crippen molar-refractivity contribution in [1.29, 1.82) is 0 Å². The van der Waals surface area contributed by atoms with E-state index in [1.807, 2.05) is 60.7 Å².